The molecule has 0 aliphatic carbocycles. The van der Waals surface area contributed by atoms with Gasteiger partial charge in [-0.05, 0) is 44.1 Å². The van der Waals surface area contributed by atoms with Gasteiger partial charge >= 0.3 is 5.97 Å². The molecular formula is C14H18N2O4. The van der Waals surface area contributed by atoms with Crippen LogP contribution in [0.3, 0.4) is 0 Å². The van der Waals surface area contributed by atoms with Gasteiger partial charge in [0, 0.05) is 5.41 Å². The molecule has 1 aliphatic heterocycles. The minimum absolute atomic E-state index is 0.0218. The summed E-state index contributed by atoms with van der Waals surface area (Å²) >= 11 is 0. The molecule has 0 unspecified atom stereocenters. The van der Waals surface area contributed by atoms with Gasteiger partial charge in [-0.1, -0.05) is 6.92 Å². The van der Waals surface area contributed by atoms with Crippen molar-refractivity contribution in [1.29, 1.82) is 0 Å². The second kappa shape index (κ2) is 5.50. The van der Waals surface area contributed by atoms with Crippen molar-refractivity contribution < 1.29 is 19.8 Å². The third-order valence-corrected chi connectivity index (χ3v) is 3.75. The van der Waals surface area contributed by atoms with Gasteiger partial charge in [0.05, 0.1) is 11.3 Å². The topological polar surface area (TPSA) is 98.7 Å². The number of nitrogens with one attached hydrogen (secondary N) is 2. The highest BCUT2D eigenvalue weighted by Gasteiger charge is 2.34. The van der Waals surface area contributed by atoms with Crippen LogP contribution >= 0.6 is 0 Å². The molecule has 0 radical (unpaired) electrons. The zero-order chi connectivity index (χ0) is 14.8. The number of carboxylic acid groups (broad SMARTS) is 1. The van der Waals surface area contributed by atoms with Crippen molar-refractivity contribution in [2.45, 2.75) is 19.8 Å². The first-order valence-corrected chi connectivity index (χ1v) is 6.51. The van der Waals surface area contributed by atoms with Gasteiger partial charge in [-0.15, -0.1) is 0 Å². The molecule has 0 atom stereocenters. The molecule has 0 bridgehead atoms. The van der Waals surface area contributed by atoms with E-state index in [2.05, 4.69) is 10.6 Å². The maximum atomic E-state index is 12.3. The summed E-state index contributed by atoms with van der Waals surface area (Å²) in [5, 5.41) is 24.5. The predicted octanol–water partition coefficient (Wildman–Crippen LogP) is 1.42. The molecule has 0 aromatic heterocycles. The maximum Gasteiger partial charge on any atom is 0.335 e. The first kappa shape index (κ1) is 14.3. The van der Waals surface area contributed by atoms with Gasteiger partial charge in [0.25, 0.3) is 0 Å². The van der Waals surface area contributed by atoms with Crippen molar-refractivity contribution >= 4 is 17.6 Å². The summed E-state index contributed by atoms with van der Waals surface area (Å²) in [5.74, 6) is -1.44. The van der Waals surface area contributed by atoms with Crippen molar-refractivity contribution in [3.63, 3.8) is 0 Å². The van der Waals surface area contributed by atoms with Gasteiger partial charge < -0.3 is 20.8 Å². The van der Waals surface area contributed by atoms with Crippen molar-refractivity contribution in [1.82, 2.24) is 5.32 Å². The van der Waals surface area contributed by atoms with Gasteiger partial charge in [-0.25, -0.2) is 4.79 Å². The van der Waals surface area contributed by atoms with E-state index in [-0.39, 0.29) is 22.9 Å². The molecule has 0 saturated carbocycles. The van der Waals surface area contributed by atoms with E-state index in [9.17, 15) is 14.7 Å². The van der Waals surface area contributed by atoms with Crippen LogP contribution in [0.25, 0.3) is 0 Å². The second-order valence-corrected chi connectivity index (χ2v) is 5.30. The van der Waals surface area contributed by atoms with E-state index in [1.165, 1.54) is 18.2 Å². The van der Waals surface area contributed by atoms with Gasteiger partial charge in [0.1, 0.15) is 5.75 Å². The fraction of sp³-hybridized carbons (Fsp3) is 0.429. The highest BCUT2D eigenvalue weighted by molar-refractivity contribution is 5.98. The van der Waals surface area contributed by atoms with E-state index < -0.39 is 11.4 Å². The number of amides is 1. The number of carboxylic acids is 1. The third-order valence-electron chi connectivity index (χ3n) is 3.75. The lowest BCUT2D eigenvalue weighted by Gasteiger charge is -2.32. The quantitative estimate of drug-likeness (QED) is 0.627. The van der Waals surface area contributed by atoms with Crippen molar-refractivity contribution in [3.8, 4) is 5.75 Å². The normalized spacial score (nSPS) is 17.4. The minimum atomic E-state index is -1.10. The molecule has 0 spiro atoms. The standard InChI is InChI=1S/C14H18N2O4/c1-14(4-6-15-7-5-14)13(20)16-10-8-9(12(18)19)2-3-11(10)17/h2-3,8,15,17H,4-7H2,1H3,(H,16,20)(H,18,19). The first-order chi connectivity index (χ1) is 9.42. The number of phenols is 1. The molecule has 1 saturated heterocycles. The Morgan fingerprint density at radius 1 is 1.30 bits per heavy atom. The highest BCUT2D eigenvalue weighted by Crippen LogP contribution is 2.32. The van der Waals surface area contributed by atoms with Crippen LogP contribution < -0.4 is 10.6 Å². The number of phenolic OH excluding ortho intramolecular Hbond substituents is 1. The van der Waals surface area contributed by atoms with E-state index >= 15 is 0 Å². The number of hydrogen-bond donors (Lipinski definition) is 4. The molecule has 1 amide bonds. The summed E-state index contributed by atoms with van der Waals surface area (Å²) in [6, 6.07) is 3.82. The van der Waals surface area contributed by atoms with Gasteiger partial charge in [0.15, 0.2) is 0 Å². The van der Waals surface area contributed by atoms with Crippen LogP contribution in [-0.2, 0) is 4.79 Å². The average molecular weight is 278 g/mol. The van der Waals surface area contributed by atoms with Crippen LogP contribution in [0.15, 0.2) is 18.2 Å². The van der Waals surface area contributed by atoms with Crippen LogP contribution in [0.4, 0.5) is 5.69 Å². The smallest absolute Gasteiger partial charge is 0.335 e. The van der Waals surface area contributed by atoms with Crippen molar-refractivity contribution in [3.05, 3.63) is 23.8 Å². The van der Waals surface area contributed by atoms with Gasteiger partial charge in [-0.2, -0.15) is 0 Å². The number of rotatable bonds is 3. The Kier molecular flexibility index (Phi) is 3.94. The third kappa shape index (κ3) is 2.91. The summed E-state index contributed by atoms with van der Waals surface area (Å²) in [4.78, 5) is 23.2. The van der Waals surface area contributed by atoms with E-state index in [1.54, 1.807) is 0 Å². The fourth-order valence-electron chi connectivity index (χ4n) is 2.25. The number of piperidine rings is 1. The van der Waals surface area contributed by atoms with Crippen LogP contribution in [0, 0.1) is 5.41 Å². The molecule has 1 aromatic rings. The Balaban J connectivity index is 2.18. The largest absolute Gasteiger partial charge is 0.506 e. The van der Waals surface area contributed by atoms with E-state index in [1.807, 2.05) is 6.92 Å². The Bertz CT molecular complexity index is 536. The zero-order valence-electron chi connectivity index (χ0n) is 11.3. The minimum Gasteiger partial charge on any atom is -0.506 e. The van der Waals surface area contributed by atoms with Crippen LogP contribution in [0.5, 0.6) is 5.75 Å². The fourth-order valence-corrected chi connectivity index (χ4v) is 2.25. The Morgan fingerprint density at radius 2 is 1.95 bits per heavy atom. The van der Waals surface area contributed by atoms with Crippen molar-refractivity contribution in [2.75, 3.05) is 18.4 Å². The Hall–Kier alpha value is -2.08. The average Bonchev–Trinajstić information content (AvgIpc) is 2.41. The van der Waals surface area contributed by atoms with E-state index in [0.717, 1.165) is 13.1 Å². The number of hydrogen-bond acceptors (Lipinski definition) is 4. The molecule has 4 N–H and O–H groups in total. The first-order valence-electron chi connectivity index (χ1n) is 6.51. The molecule has 2 rings (SSSR count). The monoisotopic (exact) mass is 278 g/mol. The number of carbonyl (C=O) groups excluding carboxylic acids is 1. The number of benzene rings is 1. The maximum absolute atomic E-state index is 12.3. The summed E-state index contributed by atoms with van der Waals surface area (Å²) in [5.41, 5.74) is -0.347. The summed E-state index contributed by atoms with van der Waals surface area (Å²) in [6.07, 6.45) is 1.41. The molecule has 6 heteroatoms. The number of anilines is 1. The number of aromatic carboxylic acids is 1. The zero-order valence-corrected chi connectivity index (χ0v) is 11.3. The lowest BCUT2D eigenvalue weighted by molar-refractivity contribution is -0.126. The van der Waals surface area contributed by atoms with E-state index in [0.29, 0.717) is 12.8 Å². The highest BCUT2D eigenvalue weighted by atomic mass is 16.4. The Morgan fingerprint density at radius 3 is 2.55 bits per heavy atom. The molecular weight excluding hydrogens is 260 g/mol. The van der Waals surface area contributed by atoms with Crippen LogP contribution in [0.1, 0.15) is 30.1 Å². The van der Waals surface area contributed by atoms with Gasteiger partial charge in [0.2, 0.25) is 5.91 Å². The van der Waals surface area contributed by atoms with E-state index in [4.69, 9.17) is 5.11 Å². The lowest BCUT2D eigenvalue weighted by Crippen LogP contribution is -2.42. The molecule has 6 nitrogen and oxygen atoms in total. The molecule has 108 valence electrons. The van der Waals surface area contributed by atoms with Crippen LogP contribution in [0.2, 0.25) is 0 Å². The molecule has 1 fully saturated rings. The summed E-state index contributed by atoms with van der Waals surface area (Å²) in [6.45, 7) is 3.41. The molecule has 20 heavy (non-hydrogen) atoms. The molecule has 1 aliphatic rings. The predicted molar refractivity (Wildman–Crippen MR) is 73.9 cm³/mol. The molecule has 1 heterocycles. The summed E-state index contributed by atoms with van der Waals surface area (Å²) in [7, 11) is 0. The number of carbonyl (C=O) groups is 2. The second-order valence-electron chi connectivity index (χ2n) is 5.30. The van der Waals surface area contributed by atoms with Crippen molar-refractivity contribution in [2.24, 2.45) is 5.41 Å². The van der Waals surface area contributed by atoms with Crippen LogP contribution in [-0.4, -0.2) is 35.2 Å². The SMILES string of the molecule is CC1(C(=O)Nc2cc(C(=O)O)ccc2O)CCNCC1. The summed E-state index contributed by atoms with van der Waals surface area (Å²) < 4.78 is 0. The Labute approximate surface area is 116 Å². The van der Waals surface area contributed by atoms with Gasteiger partial charge in [-0.3, -0.25) is 4.79 Å². The lowest BCUT2D eigenvalue weighted by atomic mass is 9.80. The number of aromatic hydroxyl groups is 1. The molecule has 1 aromatic carbocycles.